The maximum absolute atomic E-state index is 12.6. The number of pyridine rings is 1. The normalized spacial score (nSPS) is 17.0. The molecule has 1 amide bonds. The van der Waals surface area contributed by atoms with E-state index in [0.717, 1.165) is 36.9 Å². The summed E-state index contributed by atoms with van der Waals surface area (Å²) in [6, 6.07) is 7.30. The maximum Gasteiger partial charge on any atom is 0.245 e. The molecule has 0 N–H and O–H groups in total. The Morgan fingerprint density at radius 1 is 1.19 bits per heavy atom. The van der Waals surface area contributed by atoms with Gasteiger partial charge in [0.15, 0.2) is 0 Å². The van der Waals surface area contributed by atoms with E-state index < -0.39 is 5.38 Å². The molecule has 0 aliphatic carbocycles. The highest BCUT2D eigenvalue weighted by molar-refractivity contribution is 6.36. The highest BCUT2D eigenvalue weighted by Crippen LogP contribution is 2.33. The lowest BCUT2D eigenvalue weighted by atomic mass is 10.0. The number of carbonyl (C=O) groups excluding carboxylic acids is 1. The molecule has 0 saturated carbocycles. The van der Waals surface area contributed by atoms with E-state index in [2.05, 4.69) is 4.98 Å². The van der Waals surface area contributed by atoms with Gasteiger partial charge in [0.2, 0.25) is 5.91 Å². The third-order valence-electron chi connectivity index (χ3n) is 3.91. The number of aromatic nitrogens is 1. The standard InChI is InChI=1S/C16H16Cl2N2O/c17-13-7-6-12(15-11(13)5-4-8-19-15)14(18)16(21)20-9-2-1-3-10-20/h4-8,14H,1-3,9-10H2. The Kier molecular flexibility index (Phi) is 4.32. The van der Waals surface area contributed by atoms with Gasteiger partial charge in [-0.25, -0.2) is 0 Å². The summed E-state index contributed by atoms with van der Waals surface area (Å²) in [4.78, 5) is 18.8. The fourth-order valence-electron chi connectivity index (χ4n) is 2.77. The lowest BCUT2D eigenvalue weighted by Crippen LogP contribution is -2.37. The van der Waals surface area contributed by atoms with Crippen LogP contribution in [0.15, 0.2) is 30.5 Å². The molecule has 1 aromatic heterocycles. The molecule has 3 nitrogen and oxygen atoms in total. The average Bonchev–Trinajstić information content (AvgIpc) is 2.55. The number of hydrogen-bond acceptors (Lipinski definition) is 2. The largest absolute Gasteiger partial charge is 0.341 e. The van der Waals surface area contributed by atoms with Crippen molar-refractivity contribution >= 4 is 40.0 Å². The number of nitrogens with zero attached hydrogens (tertiary/aromatic N) is 2. The molecular weight excluding hydrogens is 307 g/mol. The highest BCUT2D eigenvalue weighted by Gasteiger charge is 2.27. The molecule has 1 atom stereocenters. The third kappa shape index (κ3) is 2.85. The number of fused-ring (bicyclic) bond motifs is 1. The van der Waals surface area contributed by atoms with Crippen LogP contribution in [0.4, 0.5) is 0 Å². The first-order chi connectivity index (χ1) is 10.2. The lowest BCUT2D eigenvalue weighted by molar-refractivity contribution is -0.131. The second kappa shape index (κ2) is 6.20. The maximum atomic E-state index is 12.6. The first-order valence-corrected chi connectivity index (χ1v) is 7.96. The summed E-state index contributed by atoms with van der Waals surface area (Å²) in [6.07, 6.45) is 4.98. The Morgan fingerprint density at radius 2 is 1.95 bits per heavy atom. The van der Waals surface area contributed by atoms with E-state index in [0.29, 0.717) is 10.5 Å². The van der Waals surface area contributed by atoms with Crippen LogP contribution >= 0.6 is 23.2 Å². The van der Waals surface area contributed by atoms with Gasteiger partial charge in [0.05, 0.1) is 5.52 Å². The number of benzene rings is 1. The molecule has 5 heteroatoms. The Morgan fingerprint density at radius 3 is 2.71 bits per heavy atom. The molecule has 1 aliphatic rings. The van der Waals surface area contributed by atoms with Gasteiger partial charge in [0.1, 0.15) is 5.38 Å². The molecule has 1 aliphatic heterocycles. The van der Waals surface area contributed by atoms with Crippen LogP contribution in [0, 0.1) is 0 Å². The van der Waals surface area contributed by atoms with Crippen LogP contribution in [-0.2, 0) is 4.79 Å². The predicted molar refractivity (Wildman–Crippen MR) is 85.8 cm³/mol. The molecule has 2 aromatic rings. The van der Waals surface area contributed by atoms with Crippen molar-refractivity contribution < 1.29 is 4.79 Å². The minimum absolute atomic E-state index is 0.0364. The summed E-state index contributed by atoms with van der Waals surface area (Å²) >= 11 is 12.6. The van der Waals surface area contributed by atoms with Crippen molar-refractivity contribution in [1.29, 1.82) is 0 Å². The minimum atomic E-state index is -0.710. The lowest BCUT2D eigenvalue weighted by Gasteiger charge is -2.28. The van der Waals surface area contributed by atoms with Crippen LogP contribution < -0.4 is 0 Å². The second-order valence-electron chi connectivity index (χ2n) is 5.28. The van der Waals surface area contributed by atoms with Crippen LogP contribution in [-0.4, -0.2) is 28.9 Å². The first kappa shape index (κ1) is 14.6. The van der Waals surface area contributed by atoms with Crippen LogP contribution in [0.3, 0.4) is 0 Å². The van der Waals surface area contributed by atoms with Gasteiger partial charge in [-0.2, -0.15) is 0 Å². The minimum Gasteiger partial charge on any atom is -0.341 e. The van der Waals surface area contributed by atoms with Gasteiger partial charge >= 0.3 is 0 Å². The van der Waals surface area contributed by atoms with Gasteiger partial charge in [-0.15, -0.1) is 11.6 Å². The van der Waals surface area contributed by atoms with Crippen molar-refractivity contribution in [2.75, 3.05) is 13.1 Å². The molecular formula is C16H16Cl2N2O. The third-order valence-corrected chi connectivity index (χ3v) is 4.66. The van der Waals surface area contributed by atoms with Crippen LogP contribution in [0.2, 0.25) is 5.02 Å². The van der Waals surface area contributed by atoms with Gasteiger partial charge in [-0.3, -0.25) is 9.78 Å². The molecule has 1 saturated heterocycles. The molecule has 1 fully saturated rings. The van der Waals surface area contributed by atoms with E-state index in [4.69, 9.17) is 23.2 Å². The summed E-state index contributed by atoms with van der Waals surface area (Å²) in [7, 11) is 0. The first-order valence-electron chi connectivity index (χ1n) is 7.14. The summed E-state index contributed by atoms with van der Waals surface area (Å²) in [5, 5.41) is 0.739. The molecule has 1 aromatic carbocycles. The Bertz CT molecular complexity index is 668. The van der Waals surface area contributed by atoms with E-state index in [1.807, 2.05) is 17.0 Å². The molecule has 0 radical (unpaired) electrons. The highest BCUT2D eigenvalue weighted by atomic mass is 35.5. The number of piperidine rings is 1. The zero-order valence-electron chi connectivity index (χ0n) is 11.6. The monoisotopic (exact) mass is 322 g/mol. The quantitative estimate of drug-likeness (QED) is 0.777. The second-order valence-corrected chi connectivity index (χ2v) is 6.13. The van der Waals surface area contributed by atoms with Crippen molar-refractivity contribution in [3.8, 4) is 0 Å². The topological polar surface area (TPSA) is 33.2 Å². The smallest absolute Gasteiger partial charge is 0.245 e. The van der Waals surface area contributed by atoms with Crippen molar-refractivity contribution in [1.82, 2.24) is 9.88 Å². The molecule has 2 heterocycles. The number of amides is 1. The zero-order valence-corrected chi connectivity index (χ0v) is 13.1. The average molecular weight is 323 g/mol. The zero-order chi connectivity index (χ0) is 14.8. The summed E-state index contributed by atoms with van der Waals surface area (Å²) in [5.74, 6) is -0.0364. The number of halogens is 2. The number of rotatable bonds is 2. The van der Waals surface area contributed by atoms with Crippen molar-refractivity contribution in [2.45, 2.75) is 24.6 Å². The fraction of sp³-hybridized carbons (Fsp3) is 0.375. The van der Waals surface area contributed by atoms with Gasteiger partial charge in [-0.1, -0.05) is 17.7 Å². The molecule has 110 valence electrons. The Labute approximate surface area is 133 Å². The summed E-state index contributed by atoms with van der Waals surface area (Å²) in [6.45, 7) is 1.59. The SMILES string of the molecule is O=C(C(Cl)c1ccc(Cl)c2cccnc12)N1CCCCC1. The van der Waals surface area contributed by atoms with Gasteiger partial charge < -0.3 is 4.90 Å². The molecule has 3 rings (SSSR count). The Hall–Kier alpha value is -1.32. The van der Waals surface area contributed by atoms with Crippen LogP contribution in [0.1, 0.15) is 30.2 Å². The number of likely N-dealkylation sites (tertiary alicyclic amines) is 1. The molecule has 1 unspecified atom stereocenters. The molecule has 21 heavy (non-hydrogen) atoms. The van der Waals surface area contributed by atoms with Gasteiger partial charge in [0.25, 0.3) is 0 Å². The summed E-state index contributed by atoms with van der Waals surface area (Å²) < 4.78 is 0. The summed E-state index contributed by atoms with van der Waals surface area (Å²) in [5.41, 5.74) is 1.43. The fourth-order valence-corrected chi connectivity index (χ4v) is 3.30. The number of alkyl halides is 1. The predicted octanol–water partition coefficient (Wildman–Crippen LogP) is 4.18. The van der Waals surface area contributed by atoms with E-state index in [1.165, 1.54) is 6.42 Å². The van der Waals surface area contributed by atoms with Crippen molar-refractivity contribution in [2.24, 2.45) is 0 Å². The van der Waals surface area contributed by atoms with E-state index in [1.54, 1.807) is 18.3 Å². The van der Waals surface area contributed by atoms with E-state index in [-0.39, 0.29) is 5.91 Å². The molecule has 0 bridgehead atoms. The number of hydrogen-bond donors (Lipinski definition) is 0. The van der Waals surface area contributed by atoms with Crippen LogP contribution in [0.25, 0.3) is 10.9 Å². The number of carbonyl (C=O) groups is 1. The van der Waals surface area contributed by atoms with E-state index in [9.17, 15) is 4.79 Å². The Balaban J connectivity index is 1.96. The molecule has 0 spiro atoms. The van der Waals surface area contributed by atoms with Crippen molar-refractivity contribution in [3.63, 3.8) is 0 Å². The van der Waals surface area contributed by atoms with Gasteiger partial charge in [0, 0.05) is 35.3 Å². The van der Waals surface area contributed by atoms with Crippen LogP contribution in [0.5, 0.6) is 0 Å². The van der Waals surface area contributed by atoms with E-state index >= 15 is 0 Å². The van der Waals surface area contributed by atoms with Crippen molar-refractivity contribution in [3.05, 3.63) is 41.0 Å². The van der Waals surface area contributed by atoms with Gasteiger partial charge in [-0.05, 0) is 37.5 Å².